The topological polar surface area (TPSA) is 84.5 Å². The third-order valence-electron chi connectivity index (χ3n) is 7.99. The standard InChI is InChI=1S/C28H37N5O4S/c1-3-31(4-2)38(36,37)23-13-14-24-26(20-23)33(28(35)25-12-8-9-15-32(24)25)21-27(34)30-18-16-29(17-19-30)22-10-6-5-7-11-22/h5-7,10-11,13-14,20,25H,3-4,8-9,12,15-19,21H2,1-2H3. The molecule has 2 aromatic carbocycles. The molecule has 2 saturated heterocycles. The summed E-state index contributed by atoms with van der Waals surface area (Å²) in [5.74, 6) is -0.232. The van der Waals surface area contributed by atoms with Gasteiger partial charge in [-0.1, -0.05) is 32.0 Å². The molecule has 0 saturated carbocycles. The third-order valence-corrected chi connectivity index (χ3v) is 10.0. The van der Waals surface area contributed by atoms with Gasteiger partial charge in [0.05, 0.1) is 16.3 Å². The summed E-state index contributed by atoms with van der Waals surface area (Å²) < 4.78 is 28.0. The van der Waals surface area contributed by atoms with E-state index in [1.165, 1.54) is 9.21 Å². The highest BCUT2D eigenvalue weighted by atomic mass is 32.2. The minimum absolute atomic E-state index is 0.0870. The number of rotatable bonds is 7. The maximum absolute atomic E-state index is 13.7. The van der Waals surface area contributed by atoms with E-state index in [0.29, 0.717) is 31.9 Å². The van der Waals surface area contributed by atoms with Crippen LogP contribution in [0.2, 0.25) is 0 Å². The van der Waals surface area contributed by atoms with E-state index in [-0.39, 0.29) is 29.3 Å². The van der Waals surface area contributed by atoms with E-state index >= 15 is 0 Å². The van der Waals surface area contributed by atoms with Crippen molar-refractivity contribution in [3.63, 3.8) is 0 Å². The lowest BCUT2D eigenvalue weighted by Gasteiger charge is -2.45. The molecular formula is C28H37N5O4S. The van der Waals surface area contributed by atoms with Crippen LogP contribution in [0.15, 0.2) is 53.4 Å². The molecule has 9 nitrogen and oxygen atoms in total. The Hall–Kier alpha value is -3.11. The molecule has 0 radical (unpaired) electrons. The lowest BCUT2D eigenvalue weighted by molar-refractivity contribution is -0.132. The van der Waals surface area contributed by atoms with Crippen LogP contribution >= 0.6 is 0 Å². The first-order chi connectivity index (χ1) is 18.3. The zero-order chi connectivity index (χ0) is 26.9. The Morgan fingerprint density at radius 1 is 0.921 bits per heavy atom. The van der Waals surface area contributed by atoms with Gasteiger partial charge in [-0.3, -0.25) is 14.5 Å². The molecule has 0 bridgehead atoms. The van der Waals surface area contributed by atoms with Crippen molar-refractivity contribution >= 4 is 38.9 Å². The van der Waals surface area contributed by atoms with Crippen LogP contribution in [0.25, 0.3) is 0 Å². The number of carbonyl (C=O) groups is 2. The van der Waals surface area contributed by atoms with Crippen LogP contribution in [-0.4, -0.2) is 87.8 Å². The Kier molecular flexibility index (Phi) is 7.63. The average Bonchev–Trinajstić information content (AvgIpc) is 2.96. The van der Waals surface area contributed by atoms with Crippen LogP contribution in [0.5, 0.6) is 0 Å². The van der Waals surface area contributed by atoms with Crippen LogP contribution in [0, 0.1) is 0 Å². The van der Waals surface area contributed by atoms with Crippen LogP contribution in [-0.2, 0) is 19.6 Å². The molecular weight excluding hydrogens is 502 g/mol. The maximum Gasteiger partial charge on any atom is 0.250 e. The zero-order valence-corrected chi connectivity index (χ0v) is 23.1. The molecule has 3 aliphatic heterocycles. The molecule has 3 heterocycles. The highest BCUT2D eigenvalue weighted by Crippen LogP contribution is 2.41. The van der Waals surface area contributed by atoms with E-state index in [9.17, 15) is 18.0 Å². The number of sulfonamides is 1. The summed E-state index contributed by atoms with van der Waals surface area (Å²) in [6.07, 6.45) is 2.67. The summed E-state index contributed by atoms with van der Waals surface area (Å²) in [4.78, 5) is 35.1. The number of piperazine rings is 1. The number of nitrogens with zero attached hydrogens (tertiary/aromatic N) is 5. The van der Waals surface area contributed by atoms with E-state index in [4.69, 9.17) is 0 Å². The molecule has 10 heteroatoms. The highest BCUT2D eigenvalue weighted by molar-refractivity contribution is 7.89. The minimum Gasteiger partial charge on any atom is -0.368 e. The van der Waals surface area contributed by atoms with Gasteiger partial charge >= 0.3 is 0 Å². The number of hydrogen-bond acceptors (Lipinski definition) is 6. The number of carbonyl (C=O) groups excluding carboxylic acids is 2. The van der Waals surface area contributed by atoms with Crippen molar-refractivity contribution in [2.45, 2.75) is 44.0 Å². The van der Waals surface area contributed by atoms with E-state index in [0.717, 1.165) is 50.3 Å². The Balaban J connectivity index is 1.40. The van der Waals surface area contributed by atoms with Crippen molar-refractivity contribution in [3.8, 4) is 0 Å². The first-order valence-corrected chi connectivity index (χ1v) is 15.1. The Morgan fingerprint density at radius 2 is 1.63 bits per heavy atom. The van der Waals surface area contributed by atoms with Crippen molar-refractivity contribution in [1.29, 1.82) is 0 Å². The highest BCUT2D eigenvalue weighted by Gasteiger charge is 2.41. The number of piperidine rings is 1. The lowest BCUT2D eigenvalue weighted by Crippen LogP contribution is -2.58. The second kappa shape index (κ2) is 10.9. The van der Waals surface area contributed by atoms with Crippen molar-refractivity contribution < 1.29 is 18.0 Å². The van der Waals surface area contributed by atoms with Gasteiger partial charge in [-0.05, 0) is 49.6 Å². The third kappa shape index (κ3) is 4.87. The fourth-order valence-corrected chi connectivity index (χ4v) is 7.34. The normalized spacial score (nSPS) is 20.0. The largest absolute Gasteiger partial charge is 0.368 e. The maximum atomic E-state index is 13.7. The molecule has 204 valence electrons. The molecule has 0 aromatic heterocycles. The van der Waals surface area contributed by atoms with Crippen molar-refractivity contribution in [3.05, 3.63) is 48.5 Å². The van der Waals surface area contributed by atoms with Crippen LogP contribution in [0.4, 0.5) is 17.1 Å². The zero-order valence-electron chi connectivity index (χ0n) is 22.3. The summed E-state index contributed by atoms with van der Waals surface area (Å²) in [6.45, 7) is 7.61. The molecule has 2 amide bonds. The number of anilines is 3. The second-order valence-corrected chi connectivity index (χ2v) is 12.0. The first kappa shape index (κ1) is 26.5. The number of amides is 2. The lowest BCUT2D eigenvalue weighted by atomic mass is 9.96. The predicted molar refractivity (Wildman–Crippen MR) is 149 cm³/mol. The summed E-state index contributed by atoms with van der Waals surface area (Å²) in [5.41, 5.74) is 2.48. The van der Waals surface area contributed by atoms with Gasteiger partial charge in [0.1, 0.15) is 12.6 Å². The van der Waals surface area contributed by atoms with Crippen LogP contribution in [0.1, 0.15) is 33.1 Å². The van der Waals surface area contributed by atoms with Gasteiger partial charge < -0.3 is 14.7 Å². The average molecular weight is 540 g/mol. The Bertz CT molecular complexity index is 1270. The van der Waals surface area contributed by atoms with Gasteiger partial charge in [0.15, 0.2) is 0 Å². The molecule has 0 spiro atoms. The molecule has 0 N–H and O–H groups in total. The molecule has 2 fully saturated rings. The predicted octanol–water partition coefficient (Wildman–Crippen LogP) is 2.77. The summed E-state index contributed by atoms with van der Waals surface area (Å²) in [6, 6.07) is 14.9. The number of para-hydroxylation sites is 1. The van der Waals surface area contributed by atoms with Gasteiger partial charge in [0, 0.05) is 51.5 Å². The number of hydrogen-bond donors (Lipinski definition) is 0. The van der Waals surface area contributed by atoms with Gasteiger partial charge in [0.2, 0.25) is 21.8 Å². The molecule has 1 atom stereocenters. The fraction of sp³-hybridized carbons (Fsp3) is 0.500. The first-order valence-electron chi connectivity index (χ1n) is 13.6. The molecule has 2 aromatic rings. The van der Waals surface area contributed by atoms with Crippen molar-refractivity contribution in [1.82, 2.24) is 9.21 Å². The summed E-state index contributed by atoms with van der Waals surface area (Å²) in [7, 11) is -3.71. The molecule has 5 rings (SSSR count). The monoisotopic (exact) mass is 539 g/mol. The Morgan fingerprint density at radius 3 is 2.32 bits per heavy atom. The SMILES string of the molecule is CCN(CC)S(=O)(=O)c1ccc2c(c1)N(CC(=O)N1CCN(c3ccccc3)CC1)C(=O)C1CCCCN21. The van der Waals surface area contributed by atoms with Gasteiger partial charge in [-0.25, -0.2) is 8.42 Å². The Labute approximate surface area is 225 Å². The van der Waals surface area contributed by atoms with Gasteiger partial charge in [0.25, 0.3) is 0 Å². The van der Waals surface area contributed by atoms with Gasteiger partial charge in [-0.15, -0.1) is 0 Å². The molecule has 38 heavy (non-hydrogen) atoms. The molecule has 0 aliphatic carbocycles. The minimum atomic E-state index is -3.71. The van der Waals surface area contributed by atoms with Crippen LogP contribution < -0.4 is 14.7 Å². The molecule has 1 unspecified atom stereocenters. The second-order valence-electron chi connectivity index (χ2n) is 10.1. The van der Waals surface area contributed by atoms with E-state index in [1.807, 2.05) is 43.0 Å². The number of fused-ring (bicyclic) bond motifs is 3. The number of benzene rings is 2. The van der Waals surface area contributed by atoms with E-state index in [2.05, 4.69) is 21.9 Å². The quantitative estimate of drug-likeness (QED) is 0.538. The van der Waals surface area contributed by atoms with E-state index < -0.39 is 10.0 Å². The van der Waals surface area contributed by atoms with E-state index in [1.54, 1.807) is 12.1 Å². The van der Waals surface area contributed by atoms with Crippen LogP contribution in [0.3, 0.4) is 0 Å². The summed E-state index contributed by atoms with van der Waals surface area (Å²) >= 11 is 0. The smallest absolute Gasteiger partial charge is 0.250 e. The van der Waals surface area contributed by atoms with Crippen molar-refractivity contribution in [2.75, 3.05) is 67.1 Å². The van der Waals surface area contributed by atoms with Gasteiger partial charge in [-0.2, -0.15) is 4.31 Å². The summed E-state index contributed by atoms with van der Waals surface area (Å²) in [5, 5.41) is 0. The molecule has 3 aliphatic rings. The fourth-order valence-electron chi connectivity index (χ4n) is 5.86. The van der Waals surface area contributed by atoms with Crippen molar-refractivity contribution in [2.24, 2.45) is 0 Å².